The van der Waals surface area contributed by atoms with E-state index in [1.807, 2.05) is 25.1 Å². The SMILES string of the molecule is Cc1cccc(Oc2coc3cc(OCC(=O)OC(C)C)ccc3c2=O)c1. The standard InChI is InChI=1S/C21H20O6/c1-13(2)26-20(22)12-24-15-7-8-17-18(10-15)25-11-19(21(17)23)27-16-6-4-5-14(3)9-16/h4-11,13H,12H2,1-3H3. The second kappa shape index (κ2) is 7.95. The van der Waals surface area contributed by atoms with E-state index >= 15 is 0 Å². The van der Waals surface area contributed by atoms with E-state index < -0.39 is 5.97 Å². The first-order valence-electron chi connectivity index (χ1n) is 8.55. The first kappa shape index (κ1) is 18.5. The van der Waals surface area contributed by atoms with Gasteiger partial charge in [-0.25, -0.2) is 4.79 Å². The van der Waals surface area contributed by atoms with Gasteiger partial charge in [-0.2, -0.15) is 0 Å². The summed E-state index contributed by atoms with van der Waals surface area (Å²) in [6, 6.07) is 12.1. The van der Waals surface area contributed by atoms with Crippen LogP contribution in [0.5, 0.6) is 17.2 Å². The molecular formula is C21H20O6. The summed E-state index contributed by atoms with van der Waals surface area (Å²) in [4.78, 5) is 24.2. The number of ether oxygens (including phenoxy) is 3. The number of carbonyl (C=O) groups is 1. The van der Waals surface area contributed by atoms with Gasteiger partial charge >= 0.3 is 5.97 Å². The Morgan fingerprint density at radius 1 is 1.11 bits per heavy atom. The normalized spacial score (nSPS) is 10.8. The number of aryl methyl sites for hydroxylation is 1. The molecule has 0 saturated heterocycles. The van der Waals surface area contributed by atoms with E-state index in [0.717, 1.165) is 5.56 Å². The molecule has 0 unspecified atom stereocenters. The Bertz CT molecular complexity index is 1020. The van der Waals surface area contributed by atoms with Gasteiger partial charge < -0.3 is 18.6 Å². The van der Waals surface area contributed by atoms with Crippen molar-refractivity contribution in [3.63, 3.8) is 0 Å². The van der Waals surface area contributed by atoms with E-state index in [1.165, 1.54) is 6.26 Å². The largest absolute Gasteiger partial charge is 0.482 e. The summed E-state index contributed by atoms with van der Waals surface area (Å²) in [5.41, 5.74) is 1.07. The molecule has 1 aromatic heterocycles. The molecule has 0 N–H and O–H groups in total. The first-order chi connectivity index (χ1) is 12.9. The van der Waals surface area contributed by atoms with E-state index in [4.69, 9.17) is 18.6 Å². The zero-order valence-electron chi connectivity index (χ0n) is 15.4. The third-order valence-electron chi connectivity index (χ3n) is 3.66. The fraction of sp³-hybridized carbons (Fsp3) is 0.238. The number of hydrogen-bond donors (Lipinski definition) is 0. The van der Waals surface area contributed by atoms with E-state index in [1.54, 1.807) is 38.1 Å². The summed E-state index contributed by atoms with van der Waals surface area (Å²) in [6.07, 6.45) is 1.06. The highest BCUT2D eigenvalue weighted by Gasteiger charge is 2.12. The molecule has 0 saturated carbocycles. The predicted octanol–water partition coefficient (Wildman–Crippen LogP) is 4.22. The van der Waals surface area contributed by atoms with Crippen molar-refractivity contribution in [1.82, 2.24) is 0 Å². The molecule has 0 spiro atoms. The molecule has 0 aliphatic carbocycles. The molecule has 2 aromatic carbocycles. The van der Waals surface area contributed by atoms with Crippen LogP contribution in [0.1, 0.15) is 19.4 Å². The van der Waals surface area contributed by atoms with E-state index in [2.05, 4.69) is 0 Å². The second-order valence-electron chi connectivity index (χ2n) is 6.33. The van der Waals surface area contributed by atoms with Crippen LogP contribution < -0.4 is 14.9 Å². The summed E-state index contributed by atoms with van der Waals surface area (Å²) in [5, 5.41) is 0.359. The van der Waals surface area contributed by atoms with Gasteiger partial charge in [0.2, 0.25) is 11.2 Å². The lowest BCUT2D eigenvalue weighted by Gasteiger charge is -2.10. The molecule has 0 radical (unpaired) electrons. The Labute approximate surface area is 156 Å². The summed E-state index contributed by atoms with van der Waals surface area (Å²) in [6.45, 7) is 5.24. The van der Waals surface area contributed by atoms with Gasteiger partial charge in [-0.1, -0.05) is 12.1 Å². The third-order valence-corrected chi connectivity index (χ3v) is 3.66. The highest BCUT2D eigenvalue weighted by molar-refractivity contribution is 5.79. The Balaban J connectivity index is 1.79. The minimum absolute atomic E-state index is 0.0993. The molecule has 0 amide bonds. The number of rotatable bonds is 6. The van der Waals surface area contributed by atoms with Crippen LogP contribution in [0.2, 0.25) is 0 Å². The van der Waals surface area contributed by atoms with Gasteiger partial charge in [0.15, 0.2) is 6.61 Å². The number of fused-ring (bicyclic) bond motifs is 1. The quantitative estimate of drug-likeness (QED) is 0.606. The minimum atomic E-state index is -0.464. The highest BCUT2D eigenvalue weighted by atomic mass is 16.6. The first-order valence-corrected chi connectivity index (χ1v) is 8.55. The van der Waals surface area contributed by atoms with Crippen molar-refractivity contribution in [3.8, 4) is 17.2 Å². The van der Waals surface area contributed by atoms with Crippen LogP contribution >= 0.6 is 0 Å². The predicted molar refractivity (Wildman–Crippen MR) is 100 cm³/mol. The van der Waals surface area contributed by atoms with E-state index in [0.29, 0.717) is 22.5 Å². The molecule has 0 fully saturated rings. The second-order valence-corrected chi connectivity index (χ2v) is 6.33. The maximum atomic E-state index is 12.6. The average Bonchev–Trinajstić information content (AvgIpc) is 2.62. The van der Waals surface area contributed by atoms with E-state index in [-0.39, 0.29) is 23.9 Å². The third kappa shape index (κ3) is 4.67. The number of hydrogen-bond acceptors (Lipinski definition) is 6. The molecule has 3 aromatic rings. The summed E-state index contributed by atoms with van der Waals surface area (Å²) >= 11 is 0. The van der Waals surface area contributed by atoms with Crippen LogP contribution in [-0.4, -0.2) is 18.7 Å². The summed E-state index contributed by atoms with van der Waals surface area (Å²) in [7, 11) is 0. The van der Waals surface area contributed by atoms with Gasteiger partial charge in [-0.3, -0.25) is 4.79 Å². The number of benzene rings is 2. The van der Waals surface area contributed by atoms with Crippen molar-refractivity contribution >= 4 is 16.9 Å². The monoisotopic (exact) mass is 368 g/mol. The van der Waals surface area contributed by atoms with Gasteiger partial charge in [0.05, 0.1) is 11.5 Å². The van der Waals surface area contributed by atoms with Gasteiger partial charge in [-0.05, 0) is 50.6 Å². The van der Waals surface area contributed by atoms with Gasteiger partial charge in [0.1, 0.15) is 23.3 Å². The Morgan fingerprint density at radius 3 is 2.67 bits per heavy atom. The summed E-state index contributed by atoms with van der Waals surface area (Å²) < 4.78 is 21.6. The molecule has 27 heavy (non-hydrogen) atoms. The molecule has 1 heterocycles. The molecule has 3 rings (SSSR count). The Hall–Kier alpha value is -3.28. The van der Waals surface area contributed by atoms with Crippen LogP contribution in [0, 0.1) is 6.92 Å². The molecule has 6 heteroatoms. The lowest BCUT2D eigenvalue weighted by Crippen LogP contribution is -2.18. The van der Waals surface area contributed by atoms with Crippen molar-refractivity contribution in [3.05, 3.63) is 64.5 Å². The fourth-order valence-electron chi connectivity index (χ4n) is 2.50. The topological polar surface area (TPSA) is 75.0 Å². The smallest absolute Gasteiger partial charge is 0.344 e. The maximum Gasteiger partial charge on any atom is 0.344 e. The van der Waals surface area contributed by atoms with Crippen molar-refractivity contribution in [2.24, 2.45) is 0 Å². The van der Waals surface area contributed by atoms with Gasteiger partial charge in [-0.15, -0.1) is 0 Å². The molecular weight excluding hydrogens is 348 g/mol. The molecule has 0 atom stereocenters. The zero-order valence-corrected chi connectivity index (χ0v) is 15.4. The highest BCUT2D eigenvalue weighted by Crippen LogP contribution is 2.24. The van der Waals surface area contributed by atoms with Crippen LogP contribution in [0.15, 0.2) is 57.9 Å². The molecule has 6 nitrogen and oxygen atoms in total. The van der Waals surface area contributed by atoms with E-state index in [9.17, 15) is 9.59 Å². The molecule has 0 aliphatic rings. The lowest BCUT2D eigenvalue weighted by atomic mass is 10.2. The van der Waals surface area contributed by atoms with Gasteiger partial charge in [0, 0.05) is 6.07 Å². The Morgan fingerprint density at radius 2 is 1.93 bits per heavy atom. The number of carbonyl (C=O) groups excluding carboxylic acids is 1. The molecule has 0 aliphatic heterocycles. The van der Waals surface area contributed by atoms with Crippen LogP contribution in [0.25, 0.3) is 11.0 Å². The van der Waals surface area contributed by atoms with Crippen molar-refractivity contribution < 1.29 is 23.4 Å². The number of esters is 1. The zero-order chi connectivity index (χ0) is 19.4. The van der Waals surface area contributed by atoms with Crippen LogP contribution in [0.3, 0.4) is 0 Å². The lowest BCUT2D eigenvalue weighted by molar-refractivity contribution is -0.149. The van der Waals surface area contributed by atoms with Crippen LogP contribution in [0.4, 0.5) is 0 Å². The van der Waals surface area contributed by atoms with Gasteiger partial charge in [0.25, 0.3) is 0 Å². The van der Waals surface area contributed by atoms with Crippen molar-refractivity contribution in [2.75, 3.05) is 6.61 Å². The van der Waals surface area contributed by atoms with Crippen molar-refractivity contribution in [2.45, 2.75) is 26.9 Å². The summed E-state index contributed by atoms with van der Waals surface area (Å²) in [5.74, 6) is 0.597. The van der Waals surface area contributed by atoms with Crippen LogP contribution in [-0.2, 0) is 9.53 Å². The molecule has 140 valence electrons. The van der Waals surface area contributed by atoms with Crippen molar-refractivity contribution in [1.29, 1.82) is 0 Å². The molecule has 0 bridgehead atoms. The minimum Gasteiger partial charge on any atom is -0.482 e. The fourth-order valence-corrected chi connectivity index (χ4v) is 2.50. The maximum absolute atomic E-state index is 12.6. The average molecular weight is 368 g/mol. The Kier molecular flexibility index (Phi) is 5.45.